The standard InChI is InChI=1S/C16H14BrN3O2/c1-11-4-2-3-5-14(11)19-15(21)16(22)20-18-10-12-6-8-13(17)9-7-12/h2-10H,1H3,(H,19,21)(H,20,22)/b18-10+. The average molecular weight is 360 g/mol. The summed E-state index contributed by atoms with van der Waals surface area (Å²) in [4.78, 5) is 23.4. The number of hydrazone groups is 1. The first-order valence-corrected chi connectivity index (χ1v) is 7.31. The van der Waals surface area contributed by atoms with Gasteiger partial charge in [0, 0.05) is 10.2 Å². The second-order valence-corrected chi connectivity index (χ2v) is 5.44. The van der Waals surface area contributed by atoms with E-state index in [9.17, 15) is 9.59 Å². The van der Waals surface area contributed by atoms with E-state index in [1.807, 2.05) is 43.3 Å². The van der Waals surface area contributed by atoms with Gasteiger partial charge in [0.25, 0.3) is 0 Å². The highest BCUT2D eigenvalue weighted by Crippen LogP contribution is 2.12. The molecule has 0 unspecified atom stereocenters. The Balaban J connectivity index is 1.90. The summed E-state index contributed by atoms with van der Waals surface area (Å²) in [7, 11) is 0. The van der Waals surface area contributed by atoms with Crippen LogP contribution in [0.3, 0.4) is 0 Å². The Morgan fingerprint density at radius 3 is 2.41 bits per heavy atom. The fraction of sp³-hybridized carbons (Fsp3) is 0.0625. The third kappa shape index (κ3) is 4.53. The molecule has 0 aliphatic carbocycles. The van der Waals surface area contributed by atoms with Crippen molar-refractivity contribution in [2.75, 3.05) is 5.32 Å². The van der Waals surface area contributed by atoms with Crippen molar-refractivity contribution in [3.05, 3.63) is 64.1 Å². The highest BCUT2D eigenvalue weighted by molar-refractivity contribution is 9.10. The van der Waals surface area contributed by atoms with E-state index in [4.69, 9.17) is 0 Å². The smallest absolute Gasteiger partial charge is 0.317 e. The third-order valence-corrected chi connectivity index (χ3v) is 3.38. The summed E-state index contributed by atoms with van der Waals surface area (Å²) in [5, 5.41) is 6.29. The SMILES string of the molecule is Cc1ccccc1NC(=O)C(=O)N/N=C/c1ccc(Br)cc1. The number of aryl methyl sites for hydroxylation is 1. The van der Waals surface area contributed by atoms with Crippen LogP contribution in [-0.4, -0.2) is 18.0 Å². The summed E-state index contributed by atoms with van der Waals surface area (Å²) in [6.07, 6.45) is 1.46. The molecular weight excluding hydrogens is 346 g/mol. The van der Waals surface area contributed by atoms with E-state index >= 15 is 0 Å². The van der Waals surface area contributed by atoms with E-state index in [-0.39, 0.29) is 0 Å². The van der Waals surface area contributed by atoms with Gasteiger partial charge in [-0.15, -0.1) is 0 Å². The van der Waals surface area contributed by atoms with Gasteiger partial charge in [0.2, 0.25) is 0 Å². The Labute approximate surface area is 136 Å². The van der Waals surface area contributed by atoms with Crippen molar-refractivity contribution in [2.45, 2.75) is 6.92 Å². The minimum absolute atomic E-state index is 0.597. The normalized spacial score (nSPS) is 10.5. The predicted molar refractivity (Wildman–Crippen MR) is 89.7 cm³/mol. The number of nitrogens with one attached hydrogen (secondary N) is 2. The second-order valence-electron chi connectivity index (χ2n) is 4.52. The van der Waals surface area contributed by atoms with Crippen LogP contribution in [0, 0.1) is 6.92 Å². The lowest BCUT2D eigenvalue weighted by atomic mass is 10.2. The topological polar surface area (TPSA) is 70.6 Å². The number of rotatable bonds is 3. The second kappa shape index (κ2) is 7.51. The number of carbonyl (C=O) groups excluding carboxylic acids is 2. The van der Waals surface area contributed by atoms with Crippen molar-refractivity contribution in [2.24, 2.45) is 5.10 Å². The van der Waals surface area contributed by atoms with Crippen molar-refractivity contribution >= 4 is 39.6 Å². The van der Waals surface area contributed by atoms with E-state index in [0.29, 0.717) is 5.69 Å². The van der Waals surface area contributed by atoms with Gasteiger partial charge in [-0.05, 0) is 36.2 Å². The summed E-state index contributed by atoms with van der Waals surface area (Å²) in [5.74, 6) is -1.58. The largest absolute Gasteiger partial charge is 0.329 e. The number of halogens is 1. The zero-order chi connectivity index (χ0) is 15.9. The van der Waals surface area contributed by atoms with Crippen molar-refractivity contribution in [1.29, 1.82) is 0 Å². The monoisotopic (exact) mass is 359 g/mol. The molecule has 0 aliphatic rings. The first-order chi connectivity index (χ1) is 10.6. The van der Waals surface area contributed by atoms with E-state index in [1.165, 1.54) is 6.21 Å². The maximum absolute atomic E-state index is 11.7. The molecule has 0 bridgehead atoms. The summed E-state index contributed by atoms with van der Waals surface area (Å²) in [5.41, 5.74) is 4.47. The summed E-state index contributed by atoms with van der Waals surface area (Å²) >= 11 is 3.33. The van der Waals surface area contributed by atoms with Gasteiger partial charge in [-0.1, -0.05) is 46.3 Å². The fourth-order valence-electron chi connectivity index (χ4n) is 1.66. The van der Waals surface area contributed by atoms with Gasteiger partial charge in [0.15, 0.2) is 0 Å². The number of para-hydroxylation sites is 1. The molecular formula is C16H14BrN3O2. The molecule has 0 saturated heterocycles. The molecule has 0 atom stereocenters. The number of hydrogen-bond donors (Lipinski definition) is 2. The van der Waals surface area contributed by atoms with Crippen LogP contribution in [0.1, 0.15) is 11.1 Å². The number of carbonyl (C=O) groups is 2. The Kier molecular flexibility index (Phi) is 5.43. The first kappa shape index (κ1) is 15.9. The van der Waals surface area contributed by atoms with Gasteiger partial charge in [-0.25, -0.2) is 5.43 Å². The molecule has 0 aromatic heterocycles. The van der Waals surface area contributed by atoms with Gasteiger partial charge in [-0.3, -0.25) is 9.59 Å². The molecule has 5 nitrogen and oxygen atoms in total. The van der Waals surface area contributed by atoms with Gasteiger partial charge < -0.3 is 5.32 Å². The molecule has 112 valence electrons. The molecule has 2 aromatic rings. The zero-order valence-electron chi connectivity index (χ0n) is 11.8. The zero-order valence-corrected chi connectivity index (χ0v) is 13.4. The number of nitrogens with zero attached hydrogens (tertiary/aromatic N) is 1. The number of anilines is 1. The summed E-state index contributed by atoms with van der Waals surface area (Å²) in [6.45, 7) is 1.85. The van der Waals surface area contributed by atoms with Crippen molar-refractivity contribution < 1.29 is 9.59 Å². The molecule has 2 aromatic carbocycles. The summed E-state index contributed by atoms with van der Waals surface area (Å²) < 4.78 is 0.950. The fourth-order valence-corrected chi connectivity index (χ4v) is 1.92. The first-order valence-electron chi connectivity index (χ1n) is 6.52. The van der Waals surface area contributed by atoms with Crippen LogP contribution in [0.25, 0.3) is 0 Å². The van der Waals surface area contributed by atoms with E-state index in [0.717, 1.165) is 15.6 Å². The Bertz CT molecular complexity index is 712. The van der Waals surface area contributed by atoms with Crippen LogP contribution in [0.2, 0.25) is 0 Å². The lowest BCUT2D eigenvalue weighted by molar-refractivity contribution is -0.136. The number of amides is 2. The van der Waals surface area contributed by atoms with Gasteiger partial charge >= 0.3 is 11.8 Å². The maximum Gasteiger partial charge on any atom is 0.329 e. The minimum atomic E-state index is -0.823. The predicted octanol–water partition coefficient (Wildman–Crippen LogP) is 2.85. The van der Waals surface area contributed by atoms with Crippen molar-refractivity contribution in [1.82, 2.24) is 5.43 Å². The molecule has 0 heterocycles. The van der Waals surface area contributed by atoms with Crippen LogP contribution >= 0.6 is 15.9 Å². The molecule has 0 radical (unpaired) electrons. The molecule has 0 fully saturated rings. The Hall–Kier alpha value is -2.47. The van der Waals surface area contributed by atoms with E-state index in [1.54, 1.807) is 12.1 Å². The van der Waals surface area contributed by atoms with Crippen LogP contribution in [0.4, 0.5) is 5.69 Å². The highest BCUT2D eigenvalue weighted by Gasteiger charge is 2.13. The van der Waals surface area contributed by atoms with Crippen molar-refractivity contribution in [3.8, 4) is 0 Å². The molecule has 2 rings (SSSR count). The summed E-state index contributed by atoms with van der Waals surface area (Å²) in [6, 6.07) is 14.6. The van der Waals surface area contributed by atoms with Gasteiger partial charge in [0.05, 0.1) is 6.21 Å². The van der Waals surface area contributed by atoms with Crippen molar-refractivity contribution in [3.63, 3.8) is 0 Å². The molecule has 0 spiro atoms. The molecule has 2 amide bonds. The lowest BCUT2D eigenvalue weighted by Gasteiger charge is -2.06. The van der Waals surface area contributed by atoms with E-state index in [2.05, 4.69) is 31.8 Å². The third-order valence-electron chi connectivity index (χ3n) is 2.85. The minimum Gasteiger partial charge on any atom is -0.317 e. The molecule has 0 aliphatic heterocycles. The maximum atomic E-state index is 11.7. The van der Waals surface area contributed by atoms with E-state index < -0.39 is 11.8 Å². The van der Waals surface area contributed by atoms with Crippen LogP contribution in [0.5, 0.6) is 0 Å². The average Bonchev–Trinajstić information content (AvgIpc) is 2.51. The highest BCUT2D eigenvalue weighted by atomic mass is 79.9. The van der Waals surface area contributed by atoms with Gasteiger partial charge in [0.1, 0.15) is 0 Å². The van der Waals surface area contributed by atoms with Crippen LogP contribution in [0.15, 0.2) is 58.1 Å². The Morgan fingerprint density at radius 2 is 1.73 bits per heavy atom. The van der Waals surface area contributed by atoms with Gasteiger partial charge in [-0.2, -0.15) is 5.10 Å². The van der Waals surface area contributed by atoms with Crippen LogP contribution < -0.4 is 10.7 Å². The molecule has 6 heteroatoms. The number of benzene rings is 2. The Morgan fingerprint density at radius 1 is 1.05 bits per heavy atom. The molecule has 22 heavy (non-hydrogen) atoms. The van der Waals surface area contributed by atoms with Crippen LogP contribution in [-0.2, 0) is 9.59 Å². The lowest BCUT2D eigenvalue weighted by Crippen LogP contribution is -2.32. The quantitative estimate of drug-likeness (QED) is 0.502. The number of hydrogen-bond acceptors (Lipinski definition) is 3. The molecule has 2 N–H and O–H groups in total. The molecule has 0 saturated carbocycles.